The summed E-state index contributed by atoms with van der Waals surface area (Å²) in [6.45, 7) is 16.0. The van der Waals surface area contributed by atoms with Gasteiger partial charge in [0.1, 0.15) is 0 Å². The fourth-order valence-corrected chi connectivity index (χ4v) is 3.00. The van der Waals surface area contributed by atoms with Crippen molar-refractivity contribution in [2.45, 2.75) is 60.4 Å². The third-order valence-electron chi connectivity index (χ3n) is 2.84. The average molecular weight is 207 g/mol. The molecule has 0 saturated carbocycles. The number of aryl methyl sites for hydroxylation is 2. The van der Waals surface area contributed by atoms with Gasteiger partial charge < -0.3 is 4.57 Å². The Balaban J connectivity index is 3.06. The zero-order valence-corrected chi connectivity index (χ0v) is 11.3. The highest BCUT2D eigenvalue weighted by atomic mass is 15.1. The third-order valence-corrected chi connectivity index (χ3v) is 2.84. The summed E-state index contributed by atoms with van der Waals surface area (Å²) in [6.07, 6.45) is 1.19. The Morgan fingerprint density at radius 1 is 0.933 bits per heavy atom. The highest BCUT2D eigenvalue weighted by Crippen LogP contribution is 2.34. The molecule has 0 atom stereocenters. The van der Waals surface area contributed by atoms with Crippen molar-refractivity contribution < 1.29 is 0 Å². The molecule has 1 rings (SSSR count). The second-order valence-corrected chi connectivity index (χ2v) is 6.50. The van der Waals surface area contributed by atoms with Crippen LogP contribution in [0.5, 0.6) is 0 Å². The van der Waals surface area contributed by atoms with Crippen LogP contribution in [-0.2, 0) is 5.54 Å². The van der Waals surface area contributed by atoms with Crippen LogP contribution < -0.4 is 0 Å². The zero-order valence-electron chi connectivity index (χ0n) is 11.3. The summed E-state index contributed by atoms with van der Waals surface area (Å²) in [5.41, 5.74) is 3.30. The van der Waals surface area contributed by atoms with Gasteiger partial charge in [0.15, 0.2) is 0 Å². The minimum absolute atomic E-state index is 0.204. The number of nitrogens with zero attached hydrogens (tertiary/aromatic N) is 1. The van der Waals surface area contributed by atoms with Crippen molar-refractivity contribution in [3.63, 3.8) is 0 Å². The van der Waals surface area contributed by atoms with Crippen molar-refractivity contribution in [3.05, 3.63) is 23.5 Å². The van der Waals surface area contributed by atoms with Crippen LogP contribution in [-0.4, -0.2) is 4.57 Å². The van der Waals surface area contributed by atoms with Crippen LogP contribution in [0.1, 0.15) is 52.4 Å². The number of hydrogen-bond acceptors (Lipinski definition) is 0. The molecule has 1 aromatic rings. The number of hydrogen-bond donors (Lipinski definition) is 0. The Morgan fingerprint density at radius 2 is 1.33 bits per heavy atom. The highest BCUT2D eigenvalue weighted by molar-refractivity contribution is 5.16. The van der Waals surface area contributed by atoms with Crippen LogP contribution >= 0.6 is 0 Å². The maximum absolute atomic E-state index is 2.46. The summed E-state index contributed by atoms with van der Waals surface area (Å²) >= 11 is 0. The van der Waals surface area contributed by atoms with Crippen molar-refractivity contribution in [2.75, 3.05) is 0 Å². The molecule has 0 aliphatic heterocycles. The third kappa shape index (κ3) is 2.87. The topological polar surface area (TPSA) is 4.93 Å². The predicted octanol–water partition coefficient (Wildman–Crippen LogP) is 4.28. The smallest absolute Gasteiger partial charge is 0.0393 e. The second-order valence-electron chi connectivity index (χ2n) is 6.50. The standard InChI is InChI=1S/C14H25N/c1-11-8-9-12(2)15(11)14(6,7)10-13(3,4)5/h8-9H,10H2,1-7H3. The van der Waals surface area contributed by atoms with Crippen molar-refractivity contribution in [1.29, 1.82) is 0 Å². The van der Waals surface area contributed by atoms with Gasteiger partial charge in [-0.3, -0.25) is 0 Å². The van der Waals surface area contributed by atoms with E-state index in [1.54, 1.807) is 0 Å². The first-order valence-electron chi connectivity index (χ1n) is 5.79. The first-order chi connectivity index (χ1) is 6.63. The lowest BCUT2D eigenvalue weighted by atomic mass is 9.81. The minimum atomic E-state index is 0.204. The molecular weight excluding hydrogens is 182 g/mol. The number of aromatic nitrogens is 1. The SMILES string of the molecule is Cc1ccc(C)n1C(C)(C)CC(C)(C)C. The van der Waals surface area contributed by atoms with E-state index in [4.69, 9.17) is 0 Å². The quantitative estimate of drug-likeness (QED) is 0.682. The van der Waals surface area contributed by atoms with Gasteiger partial charge in [-0.2, -0.15) is 0 Å². The summed E-state index contributed by atoms with van der Waals surface area (Å²) in [6, 6.07) is 4.42. The molecule has 86 valence electrons. The van der Waals surface area contributed by atoms with Crippen molar-refractivity contribution in [1.82, 2.24) is 4.57 Å². The molecule has 1 heteroatoms. The molecule has 1 heterocycles. The van der Waals surface area contributed by atoms with E-state index in [1.807, 2.05) is 0 Å². The Hall–Kier alpha value is -0.720. The van der Waals surface area contributed by atoms with E-state index in [0.29, 0.717) is 5.41 Å². The van der Waals surface area contributed by atoms with E-state index >= 15 is 0 Å². The highest BCUT2D eigenvalue weighted by Gasteiger charge is 2.28. The maximum atomic E-state index is 2.46. The van der Waals surface area contributed by atoms with E-state index in [2.05, 4.69) is 65.2 Å². The molecule has 0 radical (unpaired) electrons. The summed E-state index contributed by atoms with van der Waals surface area (Å²) in [5.74, 6) is 0. The molecular formula is C14H25N. The average Bonchev–Trinajstić information content (AvgIpc) is 2.25. The summed E-state index contributed by atoms with van der Waals surface area (Å²) in [7, 11) is 0. The van der Waals surface area contributed by atoms with Gasteiger partial charge in [0.05, 0.1) is 0 Å². The van der Waals surface area contributed by atoms with Crippen molar-refractivity contribution in [3.8, 4) is 0 Å². The summed E-state index contributed by atoms with van der Waals surface area (Å²) in [4.78, 5) is 0. The van der Waals surface area contributed by atoms with Gasteiger partial charge in [-0.1, -0.05) is 20.8 Å². The molecule has 1 nitrogen and oxygen atoms in total. The van der Waals surface area contributed by atoms with Gasteiger partial charge in [-0.25, -0.2) is 0 Å². The molecule has 0 amide bonds. The predicted molar refractivity (Wildman–Crippen MR) is 67.3 cm³/mol. The van der Waals surface area contributed by atoms with Gasteiger partial charge in [-0.05, 0) is 51.7 Å². The molecule has 0 aliphatic rings. The Labute approximate surface area is 94.5 Å². The fraction of sp³-hybridized carbons (Fsp3) is 0.714. The maximum Gasteiger partial charge on any atom is 0.0393 e. The molecule has 0 fully saturated rings. The zero-order chi connectivity index (χ0) is 11.9. The van der Waals surface area contributed by atoms with Crippen molar-refractivity contribution in [2.24, 2.45) is 5.41 Å². The van der Waals surface area contributed by atoms with Gasteiger partial charge in [-0.15, -0.1) is 0 Å². The van der Waals surface area contributed by atoms with Gasteiger partial charge >= 0.3 is 0 Å². The minimum Gasteiger partial charge on any atom is -0.344 e. The lowest BCUT2D eigenvalue weighted by Gasteiger charge is -2.36. The Kier molecular flexibility index (Phi) is 3.04. The van der Waals surface area contributed by atoms with Gasteiger partial charge in [0.2, 0.25) is 0 Å². The Bertz CT molecular complexity index is 317. The second kappa shape index (κ2) is 3.70. The van der Waals surface area contributed by atoms with Crippen LogP contribution in [0.2, 0.25) is 0 Å². The summed E-state index contributed by atoms with van der Waals surface area (Å²) < 4.78 is 2.46. The van der Waals surface area contributed by atoms with Crippen molar-refractivity contribution >= 4 is 0 Å². The summed E-state index contributed by atoms with van der Waals surface area (Å²) in [5, 5.41) is 0. The lowest BCUT2D eigenvalue weighted by molar-refractivity contribution is 0.210. The van der Waals surface area contributed by atoms with E-state index < -0.39 is 0 Å². The molecule has 0 unspecified atom stereocenters. The molecule has 0 bridgehead atoms. The molecule has 0 saturated heterocycles. The normalized spacial score (nSPS) is 13.3. The molecule has 0 N–H and O–H groups in total. The lowest BCUT2D eigenvalue weighted by Crippen LogP contribution is -2.32. The van der Waals surface area contributed by atoms with E-state index in [-0.39, 0.29) is 5.54 Å². The van der Waals surface area contributed by atoms with Gasteiger partial charge in [0.25, 0.3) is 0 Å². The Morgan fingerprint density at radius 3 is 1.67 bits per heavy atom. The van der Waals surface area contributed by atoms with Crippen LogP contribution in [0, 0.1) is 19.3 Å². The fourth-order valence-electron chi connectivity index (χ4n) is 3.00. The first-order valence-corrected chi connectivity index (χ1v) is 5.79. The first kappa shape index (κ1) is 12.4. The monoisotopic (exact) mass is 207 g/mol. The molecule has 1 aromatic heterocycles. The van der Waals surface area contributed by atoms with Crippen LogP contribution in [0.15, 0.2) is 12.1 Å². The van der Waals surface area contributed by atoms with Gasteiger partial charge in [0, 0.05) is 16.9 Å². The van der Waals surface area contributed by atoms with E-state index in [0.717, 1.165) is 0 Å². The van der Waals surface area contributed by atoms with Crippen LogP contribution in [0.3, 0.4) is 0 Å². The van der Waals surface area contributed by atoms with E-state index in [1.165, 1.54) is 17.8 Å². The number of rotatable bonds is 2. The molecule has 15 heavy (non-hydrogen) atoms. The van der Waals surface area contributed by atoms with Crippen LogP contribution in [0.4, 0.5) is 0 Å². The largest absolute Gasteiger partial charge is 0.344 e. The van der Waals surface area contributed by atoms with Crippen LogP contribution in [0.25, 0.3) is 0 Å². The molecule has 0 aliphatic carbocycles. The molecule has 0 aromatic carbocycles. The van der Waals surface area contributed by atoms with E-state index in [9.17, 15) is 0 Å². The molecule has 0 spiro atoms.